The average molecular weight is 599 g/mol. The van der Waals surface area contributed by atoms with Crippen LogP contribution in [0.1, 0.15) is 127 Å². The van der Waals surface area contributed by atoms with Gasteiger partial charge in [-0.05, 0) is 118 Å². The maximum atomic E-state index is 14.5. The summed E-state index contributed by atoms with van der Waals surface area (Å²) in [6.07, 6.45) is 8.91. The number of hydrogen-bond acceptors (Lipinski definition) is 5. The summed E-state index contributed by atoms with van der Waals surface area (Å²) in [7, 11) is 0. The number of allylic oxidation sites excluding steroid dienone is 2. The fourth-order valence-electron chi connectivity index (χ4n) is 11.2. The van der Waals surface area contributed by atoms with Crippen LogP contribution in [0.2, 0.25) is 0 Å². The number of carboxylic acid groups (broad SMARTS) is 2. The molecule has 5 aliphatic rings. The van der Waals surface area contributed by atoms with Gasteiger partial charge >= 0.3 is 17.9 Å². The largest absolute Gasteiger partial charge is 0.481 e. The smallest absolute Gasteiger partial charge is 0.309 e. The van der Waals surface area contributed by atoms with Crippen LogP contribution < -0.4 is 0 Å². The van der Waals surface area contributed by atoms with Crippen molar-refractivity contribution in [2.24, 2.45) is 55.7 Å². The number of carbonyl (C=O) groups excluding carboxylic acids is 2. The van der Waals surface area contributed by atoms with Crippen molar-refractivity contribution in [3.63, 3.8) is 0 Å². The van der Waals surface area contributed by atoms with Crippen molar-refractivity contribution in [1.29, 1.82) is 0 Å². The number of fused-ring (bicyclic) bond motifs is 7. The van der Waals surface area contributed by atoms with Gasteiger partial charge in [0, 0.05) is 11.3 Å². The van der Waals surface area contributed by atoms with E-state index >= 15 is 0 Å². The number of ketones is 1. The number of rotatable bonds is 5. The normalized spacial score (nSPS) is 45.4. The Hall–Kier alpha value is -2.18. The van der Waals surface area contributed by atoms with E-state index in [9.17, 15) is 29.4 Å². The van der Waals surface area contributed by atoms with Crippen molar-refractivity contribution < 1.29 is 34.1 Å². The Balaban J connectivity index is 1.47. The lowest BCUT2D eigenvalue weighted by atomic mass is 9.33. The molecule has 0 aromatic rings. The third-order valence-corrected chi connectivity index (χ3v) is 14.5. The zero-order valence-electron chi connectivity index (χ0n) is 27.9. The molecule has 0 aromatic carbocycles. The van der Waals surface area contributed by atoms with Crippen molar-refractivity contribution in [2.45, 2.75) is 133 Å². The van der Waals surface area contributed by atoms with Gasteiger partial charge in [-0.15, -0.1) is 0 Å². The van der Waals surface area contributed by atoms with E-state index in [1.165, 1.54) is 5.57 Å². The molecule has 0 heterocycles. The number of hydrogen-bond donors (Lipinski definition) is 2. The molecule has 5 aliphatic carbocycles. The Kier molecular flexibility index (Phi) is 7.24. The number of ether oxygens (including phenoxy) is 1. The predicted molar refractivity (Wildman–Crippen MR) is 163 cm³/mol. The minimum absolute atomic E-state index is 0.0179. The first-order chi connectivity index (χ1) is 19.6. The van der Waals surface area contributed by atoms with Crippen LogP contribution in [0.15, 0.2) is 11.6 Å². The minimum atomic E-state index is -1.19. The first-order valence-electron chi connectivity index (χ1n) is 16.5. The Bertz CT molecular complexity index is 1280. The first kappa shape index (κ1) is 32.2. The second-order valence-corrected chi connectivity index (χ2v) is 17.8. The molecule has 2 N–H and O–H groups in total. The maximum Gasteiger partial charge on any atom is 0.309 e. The SMILES string of the molecule is CC(C)(CC(=O)O[C@H]1CC[C@@]2(C)C(CC[C@]3(C)C2C(=O)C=C2[C@@H]4C[C@@](C)(C(=O)O)CC[C@]4(C)CCC23C)C1(C)C)C(=O)O. The van der Waals surface area contributed by atoms with Crippen molar-refractivity contribution in [2.75, 3.05) is 0 Å². The highest BCUT2D eigenvalue weighted by atomic mass is 16.5. The predicted octanol–water partition coefficient (Wildman–Crippen LogP) is 7.46. The third-order valence-electron chi connectivity index (χ3n) is 14.5. The summed E-state index contributed by atoms with van der Waals surface area (Å²) in [6, 6.07) is 0. The van der Waals surface area contributed by atoms with Crippen LogP contribution in [0.25, 0.3) is 0 Å². The summed E-state index contributed by atoms with van der Waals surface area (Å²) < 4.78 is 6.04. The van der Waals surface area contributed by atoms with Gasteiger partial charge in [0.1, 0.15) is 6.10 Å². The van der Waals surface area contributed by atoms with E-state index < -0.39 is 28.7 Å². The second kappa shape index (κ2) is 9.66. The molecule has 7 heteroatoms. The summed E-state index contributed by atoms with van der Waals surface area (Å²) in [5, 5.41) is 19.7. The fourth-order valence-corrected chi connectivity index (χ4v) is 11.2. The molecule has 0 aliphatic heterocycles. The average Bonchev–Trinajstić information content (AvgIpc) is 2.87. The van der Waals surface area contributed by atoms with E-state index in [1.807, 2.05) is 13.0 Å². The Labute approximate surface area is 257 Å². The zero-order chi connectivity index (χ0) is 32.2. The molecule has 0 amide bonds. The highest BCUT2D eigenvalue weighted by Gasteiger charge is 2.70. The second-order valence-electron chi connectivity index (χ2n) is 17.8. The van der Waals surface area contributed by atoms with Crippen LogP contribution in [0.5, 0.6) is 0 Å². The Morgan fingerprint density at radius 3 is 2.14 bits per heavy atom. The molecule has 240 valence electrons. The monoisotopic (exact) mass is 598 g/mol. The molecule has 4 fully saturated rings. The molecule has 0 radical (unpaired) electrons. The van der Waals surface area contributed by atoms with Crippen LogP contribution in [0, 0.1) is 55.7 Å². The summed E-state index contributed by atoms with van der Waals surface area (Å²) in [6.45, 7) is 18.6. The topological polar surface area (TPSA) is 118 Å². The van der Waals surface area contributed by atoms with Gasteiger partial charge < -0.3 is 14.9 Å². The maximum absolute atomic E-state index is 14.5. The van der Waals surface area contributed by atoms with Crippen molar-refractivity contribution in [3.05, 3.63) is 11.6 Å². The molecule has 3 unspecified atom stereocenters. The molecule has 0 aromatic heterocycles. The van der Waals surface area contributed by atoms with Gasteiger partial charge in [0.2, 0.25) is 0 Å². The van der Waals surface area contributed by atoms with E-state index in [4.69, 9.17) is 4.74 Å². The Morgan fingerprint density at radius 2 is 1.53 bits per heavy atom. The highest BCUT2D eigenvalue weighted by Crippen LogP contribution is 2.75. The summed E-state index contributed by atoms with van der Waals surface area (Å²) in [5.74, 6) is -1.93. The van der Waals surface area contributed by atoms with Gasteiger partial charge in [0.25, 0.3) is 0 Å². The quantitative estimate of drug-likeness (QED) is 0.315. The van der Waals surface area contributed by atoms with E-state index in [2.05, 4.69) is 41.5 Å². The third kappa shape index (κ3) is 4.47. The number of esters is 1. The molecule has 0 spiro atoms. The first-order valence-corrected chi connectivity index (χ1v) is 16.5. The lowest BCUT2D eigenvalue weighted by molar-refractivity contribution is -0.211. The molecule has 9 atom stereocenters. The van der Waals surface area contributed by atoms with Gasteiger partial charge in [0.05, 0.1) is 17.3 Å². The summed E-state index contributed by atoms with van der Waals surface area (Å²) >= 11 is 0. The molecular formula is C36H54O7. The van der Waals surface area contributed by atoms with Gasteiger partial charge in [-0.1, -0.05) is 47.1 Å². The lowest BCUT2D eigenvalue weighted by Crippen LogP contribution is -2.66. The van der Waals surface area contributed by atoms with Crippen LogP contribution in [0.4, 0.5) is 0 Å². The van der Waals surface area contributed by atoms with Gasteiger partial charge in [0.15, 0.2) is 5.78 Å². The number of aliphatic carboxylic acids is 2. The number of carboxylic acids is 2. The molecule has 0 bridgehead atoms. The molecule has 0 saturated heterocycles. The number of carbonyl (C=O) groups is 4. The van der Waals surface area contributed by atoms with Crippen LogP contribution in [0.3, 0.4) is 0 Å². The van der Waals surface area contributed by atoms with Crippen molar-refractivity contribution >= 4 is 23.7 Å². The van der Waals surface area contributed by atoms with E-state index in [1.54, 1.807) is 13.8 Å². The van der Waals surface area contributed by atoms with Gasteiger partial charge in [-0.25, -0.2) is 0 Å². The van der Waals surface area contributed by atoms with Crippen LogP contribution in [-0.4, -0.2) is 40.0 Å². The molecule has 5 rings (SSSR count). The highest BCUT2D eigenvalue weighted by molar-refractivity contribution is 5.95. The van der Waals surface area contributed by atoms with Crippen LogP contribution in [-0.2, 0) is 23.9 Å². The summed E-state index contributed by atoms with van der Waals surface area (Å²) in [5.41, 5.74) is -1.81. The standard InChI is InChI=1S/C36H54O7/c1-30(2,28(39)40)20-26(38)43-25-11-12-34(7)24(31(25,3)4)10-13-36(9)27(34)23(37)18-21-22-19-33(6,29(41)42)15-14-32(22,5)16-17-35(21,36)8/h18,22,24-25,27H,10-17,19-20H2,1-9H3,(H,39,40)(H,41,42)/t22-,24?,25-,27?,32+,33-,34-,35?,36+/m0/s1. The van der Waals surface area contributed by atoms with E-state index in [0.29, 0.717) is 19.3 Å². The van der Waals surface area contributed by atoms with E-state index in [-0.39, 0.29) is 63.1 Å². The molecular weight excluding hydrogens is 544 g/mol. The summed E-state index contributed by atoms with van der Waals surface area (Å²) in [4.78, 5) is 51.4. The van der Waals surface area contributed by atoms with Gasteiger partial charge in [-0.3, -0.25) is 19.2 Å². The van der Waals surface area contributed by atoms with Crippen molar-refractivity contribution in [3.8, 4) is 0 Å². The fraction of sp³-hybridized carbons (Fsp3) is 0.833. The van der Waals surface area contributed by atoms with E-state index in [0.717, 1.165) is 38.5 Å². The molecule has 43 heavy (non-hydrogen) atoms. The molecule has 7 nitrogen and oxygen atoms in total. The minimum Gasteiger partial charge on any atom is -0.481 e. The lowest BCUT2D eigenvalue weighted by Gasteiger charge is -2.70. The van der Waals surface area contributed by atoms with Crippen molar-refractivity contribution in [1.82, 2.24) is 0 Å². The molecule has 4 saturated carbocycles. The van der Waals surface area contributed by atoms with Crippen LogP contribution >= 0.6 is 0 Å². The Morgan fingerprint density at radius 1 is 0.907 bits per heavy atom. The zero-order valence-corrected chi connectivity index (χ0v) is 27.9. The van der Waals surface area contributed by atoms with Gasteiger partial charge in [-0.2, -0.15) is 0 Å².